The number of rotatable bonds is 2. The van der Waals surface area contributed by atoms with Gasteiger partial charge in [0, 0.05) is 13.0 Å². The topological polar surface area (TPSA) is 38.3 Å². The molecule has 1 rings (SSSR count). The fraction of sp³-hybridized carbons (Fsp3) is 0.889. The largest absolute Gasteiger partial charge is 0.444 e. The second-order valence-corrected chi connectivity index (χ2v) is 5.43. The Bertz CT molecular complexity index is 278. The highest BCUT2D eigenvalue weighted by Gasteiger charge is 2.70. The number of halogens is 3. The zero-order chi connectivity index (χ0) is 11.9. The zero-order valence-corrected chi connectivity index (χ0v) is 9.62. The lowest BCUT2D eigenvalue weighted by molar-refractivity contribution is 0.0514. The van der Waals surface area contributed by atoms with Crippen molar-refractivity contribution in [3.63, 3.8) is 0 Å². The summed E-state index contributed by atoms with van der Waals surface area (Å²) in [5.41, 5.74) is -0.643. The molecule has 1 fully saturated rings. The molecule has 0 aromatic heterocycles. The Kier molecular flexibility index (Phi) is 2.89. The molecule has 1 atom stereocenters. The van der Waals surface area contributed by atoms with E-state index in [-0.39, 0.29) is 6.54 Å². The SMILES string of the molecule is CC(C)(C)OC(=O)NCC1(Cl)CC1(F)F. The second-order valence-electron chi connectivity index (χ2n) is 4.70. The van der Waals surface area contributed by atoms with Crippen LogP contribution in [-0.4, -0.2) is 29.0 Å². The van der Waals surface area contributed by atoms with Crippen molar-refractivity contribution in [2.45, 2.75) is 43.6 Å². The third-order valence-electron chi connectivity index (χ3n) is 1.94. The molecule has 0 aliphatic heterocycles. The average molecular weight is 242 g/mol. The third-order valence-corrected chi connectivity index (χ3v) is 2.49. The first-order valence-electron chi connectivity index (χ1n) is 4.59. The van der Waals surface area contributed by atoms with E-state index in [0.29, 0.717) is 0 Å². The number of carbonyl (C=O) groups is 1. The maximum Gasteiger partial charge on any atom is 0.407 e. The smallest absolute Gasteiger partial charge is 0.407 e. The molecule has 0 aromatic rings. The van der Waals surface area contributed by atoms with Crippen molar-refractivity contribution in [2.75, 3.05) is 6.54 Å². The van der Waals surface area contributed by atoms with Gasteiger partial charge in [-0.15, -0.1) is 11.6 Å². The van der Waals surface area contributed by atoms with E-state index in [1.807, 2.05) is 0 Å². The van der Waals surface area contributed by atoms with Crippen LogP contribution in [0.1, 0.15) is 27.2 Å². The molecule has 1 amide bonds. The van der Waals surface area contributed by atoms with Crippen molar-refractivity contribution >= 4 is 17.7 Å². The van der Waals surface area contributed by atoms with E-state index in [4.69, 9.17) is 16.3 Å². The number of alkyl halides is 3. The molecule has 6 heteroatoms. The van der Waals surface area contributed by atoms with Crippen LogP contribution < -0.4 is 5.32 Å². The van der Waals surface area contributed by atoms with Gasteiger partial charge in [0.25, 0.3) is 5.92 Å². The van der Waals surface area contributed by atoms with Gasteiger partial charge < -0.3 is 10.1 Å². The standard InChI is InChI=1S/C9H14ClF2NO2/c1-7(2,3)15-6(14)13-5-8(10)4-9(8,11)12/h4-5H2,1-3H3,(H,13,14). The molecule has 0 heterocycles. The second kappa shape index (κ2) is 3.47. The molecular formula is C9H14ClF2NO2. The predicted molar refractivity (Wildman–Crippen MR) is 52.4 cm³/mol. The first kappa shape index (κ1) is 12.5. The van der Waals surface area contributed by atoms with Crippen LogP contribution >= 0.6 is 11.6 Å². The minimum Gasteiger partial charge on any atom is -0.444 e. The highest BCUT2D eigenvalue weighted by atomic mass is 35.5. The summed E-state index contributed by atoms with van der Waals surface area (Å²) in [5.74, 6) is -2.89. The zero-order valence-electron chi connectivity index (χ0n) is 8.86. The lowest BCUT2D eigenvalue weighted by atomic mass is 10.2. The lowest BCUT2D eigenvalue weighted by Crippen LogP contribution is -2.37. The van der Waals surface area contributed by atoms with E-state index in [2.05, 4.69) is 5.32 Å². The summed E-state index contributed by atoms with van der Waals surface area (Å²) < 4.78 is 30.2. The Labute approximate surface area is 92.1 Å². The molecule has 15 heavy (non-hydrogen) atoms. The van der Waals surface area contributed by atoms with Gasteiger partial charge in [0.1, 0.15) is 10.5 Å². The minimum absolute atomic E-state index is 0.281. The van der Waals surface area contributed by atoms with Gasteiger partial charge >= 0.3 is 6.09 Å². The van der Waals surface area contributed by atoms with Gasteiger partial charge in [0.2, 0.25) is 0 Å². The van der Waals surface area contributed by atoms with Gasteiger partial charge in [0.15, 0.2) is 0 Å². The molecule has 1 unspecified atom stereocenters. The van der Waals surface area contributed by atoms with Gasteiger partial charge in [-0.3, -0.25) is 0 Å². The van der Waals surface area contributed by atoms with Crippen LogP contribution in [0.5, 0.6) is 0 Å². The van der Waals surface area contributed by atoms with Gasteiger partial charge in [0.05, 0.1) is 0 Å². The summed E-state index contributed by atoms with van der Waals surface area (Å²) in [4.78, 5) is 9.49. The normalized spacial score (nSPS) is 28.4. The van der Waals surface area contributed by atoms with Crippen LogP contribution in [0.15, 0.2) is 0 Å². The number of hydrogen-bond donors (Lipinski definition) is 1. The molecule has 0 aromatic carbocycles. The van der Waals surface area contributed by atoms with Gasteiger partial charge in [-0.25, -0.2) is 13.6 Å². The average Bonchev–Trinajstić information content (AvgIpc) is 2.44. The van der Waals surface area contributed by atoms with E-state index < -0.39 is 28.9 Å². The molecule has 1 aliphatic rings. The quantitative estimate of drug-likeness (QED) is 0.755. The molecule has 0 bridgehead atoms. The maximum atomic E-state index is 12.6. The molecule has 1 N–H and O–H groups in total. The monoisotopic (exact) mass is 241 g/mol. The van der Waals surface area contributed by atoms with Crippen molar-refractivity contribution in [1.29, 1.82) is 0 Å². The number of alkyl carbamates (subject to hydrolysis) is 1. The molecule has 0 saturated heterocycles. The molecule has 0 radical (unpaired) electrons. The van der Waals surface area contributed by atoms with Crippen molar-refractivity contribution in [2.24, 2.45) is 0 Å². The fourth-order valence-electron chi connectivity index (χ4n) is 1.03. The van der Waals surface area contributed by atoms with Crippen molar-refractivity contribution < 1.29 is 18.3 Å². The molecule has 0 spiro atoms. The Morgan fingerprint density at radius 2 is 2.00 bits per heavy atom. The number of carbonyl (C=O) groups excluding carboxylic acids is 1. The van der Waals surface area contributed by atoms with E-state index >= 15 is 0 Å². The molecule has 1 aliphatic carbocycles. The summed E-state index contributed by atoms with van der Waals surface area (Å²) >= 11 is 5.53. The summed E-state index contributed by atoms with van der Waals surface area (Å²) in [6.45, 7) is 4.79. The Morgan fingerprint density at radius 3 is 2.33 bits per heavy atom. The minimum atomic E-state index is -2.89. The Morgan fingerprint density at radius 1 is 1.53 bits per heavy atom. The third kappa shape index (κ3) is 3.19. The number of hydrogen-bond acceptors (Lipinski definition) is 2. The number of amides is 1. The fourth-order valence-corrected chi connectivity index (χ4v) is 1.26. The van der Waals surface area contributed by atoms with Gasteiger partial charge in [-0.1, -0.05) is 0 Å². The maximum absolute atomic E-state index is 12.6. The van der Waals surface area contributed by atoms with Crippen LogP contribution in [0, 0.1) is 0 Å². The predicted octanol–water partition coefficient (Wildman–Crippen LogP) is 2.53. The number of nitrogens with one attached hydrogen (secondary N) is 1. The van der Waals surface area contributed by atoms with Crippen molar-refractivity contribution in [3.05, 3.63) is 0 Å². The van der Waals surface area contributed by atoms with Crippen LogP contribution in [0.3, 0.4) is 0 Å². The van der Waals surface area contributed by atoms with Gasteiger partial charge in [-0.2, -0.15) is 0 Å². The Balaban J connectivity index is 2.31. The van der Waals surface area contributed by atoms with E-state index in [0.717, 1.165) is 0 Å². The van der Waals surface area contributed by atoms with Crippen LogP contribution in [0.4, 0.5) is 13.6 Å². The van der Waals surface area contributed by atoms with Crippen molar-refractivity contribution in [1.82, 2.24) is 5.32 Å². The molecule has 3 nitrogen and oxygen atoms in total. The summed E-state index contributed by atoms with van der Waals surface area (Å²) in [6.07, 6.45) is -1.14. The van der Waals surface area contributed by atoms with E-state index in [1.165, 1.54) is 0 Å². The number of ether oxygens (including phenoxy) is 1. The molecule has 88 valence electrons. The lowest BCUT2D eigenvalue weighted by Gasteiger charge is -2.20. The van der Waals surface area contributed by atoms with Crippen LogP contribution in [-0.2, 0) is 4.74 Å². The first-order chi connectivity index (χ1) is 6.56. The summed E-state index contributed by atoms with van der Waals surface area (Å²) in [7, 11) is 0. The van der Waals surface area contributed by atoms with E-state index in [9.17, 15) is 13.6 Å². The van der Waals surface area contributed by atoms with Crippen LogP contribution in [0.2, 0.25) is 0 Å². The highest BCUT2D eigenvalue weighted by Crippen LogP contribution is 2.57. The molecular weight excluding hydrogens is 228 g/mol. The summed E-state index contributed by atoms with van der Waals surface area (Å²) in [5, 5.41) is 2.22. The Hall–Kier alpha value is -0.580. The molecule has 1 saturated carbocycles. The first-order valence-corrected chi connectivity index (χ1v) is 4.97. The van der Waals surface area contributed by atoms with Crippen molar-refractivity contribution in [3.8, 4) is 0 Å². The van der Waals surface area contributed by atoms with Crippen LogP contribution in [0.25, 0.3) is 0 Å². The highest BCUT2D eigenvalue weighted by molar-refractivity contribution is 6.27. The van der Waals surface area contributed by atoms with Gasteiger partial charge in [-0.05, 0) is 20.8 Å². The summed E-state index contributed by atoms with van der Waals surface area (Å²) in [6, 6.07) is 0. The van der Waals surface area contributed by atoms with E-state index in [1.54, 1.807) is 20.8 Å².